The van der Waals surface area contributed by atoms with E-state index in [9.17, 15) is 18.0 Å². The molecule has 8 heteroatoms. The second kappa shape index (κ2) is 6.12. The summed E-state index contributed by atoms with van der Waals surface area (Å²) in [6.45, 7) is 0.0682. The van der Waals surface area contributed by atoms with E-state index < -0.39 is 15.9 Å². The molecule has 0 saturated carbocycles. The van der Waals surface area contributed by atoms with Crippen LogP contribution in [0, 0.1) is 0 Å². The summed E-state index contributed by atoms with van der Waals surface area (Å²) in [6.07, 6.45) is 1.27. The van der Waals surface area contributed by atoms with Crippen molar-refractivity contribution in [2.24, 2.45) is 0 Å². The van der Waals surface area contributed by atoms with Crippen LogP contribution in [0.4, 0.5) is 0 Å². The van der Waals surface area contributed by atoms with Gasteiger partial charge in [-0.25, -0.2) is 18.6 Å². The van der Waals surface area contributed by atoms with Gasteiger partial charge in [-0.05, 0) is 17.7 Å². The highest BCUT2D eigenvalue weighted by Gasteiger charge is 2.11. The monoisotopic (exact) mass is 272 g/mol. The van der Waals surface area contributed by atoms with Gasteiger partial charge in [-0.2, -0.15) is 0 Å². The molecule has 0 aliphatic carbocycles. The maximum absolute atomic E-state index is 11.5. The molecule has 2 amide bonds. The van der Waals surface area contributed by atoms with Gasteiger partial charge in [0.25, 0.3) is 5.91 Å². The second-order valence-corrected chi connectivity index (χ2v) is 5.18. The Morgan fingerprint density at radius 1 is 1.44 bits per heavy atom. The molecule has 7 nitrogen and oxygen atoms in total. The maximum Gasteiger partial charge on any atom is 0.264 e. The molecule has 98 valence electrons. The van der Waals surface area contributed by atoms with Crippen LogP contribution in [0.1, 0.15) is 15.9 Å². The molecule has 1 aromatic rings. The molecule has 0 atom stereocenters. The summed E-state index contributed by atoms with van der Waals surface area (Å²) >= 11 is 0. The van der Waals surface area contributed by atoms with E-state index in [4.69, 9.17) is 4.84 Å². The fraction of sp³-hybridized carbons (Fsp3) is 0.200. The van der Waals surface area contributed by atoms with Crippen molar-refractivity contribution in [3.05, 3.63) is 35.4 Å². The Labute approximate surface area is 104 Å². The van der Waals surface area contributed by atoms with Crippen molar-refractivity contribution in [3.8, 4) is 0 Å². The number of hydrogen-bond donors (Lipinski definition) is 2. The van der Waals surface area contributed by atoms with Crippen LogP contribution in [-0.4, -0.2) is 27.0 Å². The number of rotatable bonds is 6. The Hall–Kier alpha value is -1.93. The van der Waals surface area contributed by atoms with Gasteiger partial charge >= 0.3 is 0 Å². The largest absolute Gasteiger partial charge is 0.277 e. The third kappa shape index (κ3) is 4.93. The van der Waals surface area contributed by atoms with E-state index >= 15 is 0 Å². The van der Waals surface area contributed by atoms with Crippen LogP contribution in [0.2, 0.25) is 0 Å². The number of benzene rings is 1. The van der Waals surface area contributed by atoms with Crippen LogP contribution in [-0.2, 0) is 26.3 Å². The highest BCUT2D eigenvalue weighted by molar-refractivity contribution is 7.89. The first kappa shape index (κ1) is 14.1. The molecule has 0 fully saturated rings. The van der Waals surface area contributed by atoms with E-state index in [0.717, 1.165) is 6.26 Å². The van der Waals surface area contributed by atoms with E-state index in [-0.39, 0.29) is 12.2 Å². The number of carbonyl (C=O) groups is 2. The minimum absolute atomic E-state index is 0.0682. The minimum Gasteiger partial charge on any atom is -0.277 e. The molecular formula is C10H12N2O5S. The second-order valence-electron chi connectivity index (χ2n) is 3.43. The van der Waals surface area contributed by atoms with Crippen molar-refractivity contribution in [1.29, 1.82) is 0 Å². The van der Waals surface area contributed by atoms with E-state index in [1.807, 2.05) is 10.2 Å². The molecule has 0 saturated heterocycles. The Morgan fingerprint density at radius 2 is 2.17 bits per heavy atom. The minimum atomic E-state index is -3.59. The molecule has 0 unspecified atom stereocenters. The molecular weight excluding hydrogens is 260 g/mol. The van der Waals surface area contributed by atoms with Crippen molar-refractivity contribution >= 4 is 22.3 Å². The predicted molar refractivity (Wildman–Crippen MR) is 62.7 cm³/mol. The van der Waals surface area contributed by atoms with Crippen molar-refractivity contribution < 1.29 is 22.8 Å². The molecule has 0 aromatic heterocycles. The van der Waals surface area contributed by atoms with Gasteiger partial charge in [-0.3, -0.25) is 14.4 Å². The molecule has 0 spiro atoms. The molecule has 0 radical (unpaired) electrons. The Kier molecular flexibility index (Phi) is 4.81. The average molecular weight is 272 g/mol. The van der Waals surface area contributed by atoms with Gasteiger partial charge in [-0.1, -0.05) is 12.1 Å². The standard InChI is InChI=1S/C10H12N2O5S/c1-18(15,16)12-10(14)9-4-2-3-8(5-9)6-17-11-7-13/h2-5,7H,6H2,1H3,(H,11,13)(H,12,14). The maximum atomic E-state index is 11.5. The smallest absolute Gasteiger partial charge is 0.264 e. The third-order valence-electron chi connectivity index (χ3n) is 1.84. The summed E-state index contributed by atoms with van der Waals surface area (Å²) in [5.41, 5.74) is 2.81. The summed E-state index contributed by atoms with van der Waals surface area (Å²) in [6, 6.07) is 6.19. The molecule has 0 aliphatic rings. The fourth-order valence-electron chi connectivity index (χ4n) is 1.19. The van der Waals surface area contributed by atoms with Crippen LogP contribution >= 0.6 is 0 Å². The summed E-state index contributed by atoms with van der Waals surface area (Å²) in [7, 11) is -3.59. The average Bonchev–Trinajstić information content (AvgIpc) is 2.27. The lowest BCUT2D eigenvalue weighted by molar-refractivity contribution is -0.121. The lowest BCUT2D eigenvalue weighted by Crippen LogP contribution is -2.29. The first-order chi connectivity index (χ1) is 8.42. The van der Waals surface area contributed by atoms with E-state index in [1.165, 1.54) is 12.1 Å². The van der Waals surface area contributed by atoms with Crippen molar-refractivity contribution in [3.63, 3.8) is 0 Å². The lowest BCUT2D eigenvalue weighted by atomic mass is 10.1. The van der Waals surface area contributed by atoms with E-state index in [2.05, 4.69) is 0 Å². The van der Waals surface area contributed by atoms with E-state index in [1.54, 1.807) is 12.1 Å². The van der Waals surface area contributed by atoms with Crippen LogP contribution in [0.25, 0.3) is 0 Å². The van der Waals surface area contributed by atoms with Gasteiger partial charge in [0.2, 0.25) is 16.4 Å². The Balaban J connectivity index is 2.75. The quantitative estimate of drug-likeness (QED) is 0.415. The highest BCUT2D eigenvalue weighted by atomic mass is 32.2. The zero-order valence-electron chi connectivity index (χ0n) is 9.54. The van der Waals surface area contributed by atoms with Gasteiger partial charge < -0.3 is 0 Å². The Bertz CT molecular complexity index is 541. The third-order valence-corrected chi connectivity index (χ3v) is 2.39. The number of sulfonamides is 1. The predicted octanol–water partition coefficient (Wildman–Crippen LogP) is -0.446. The van der Waals surface area contributed by atoms with Crippen molar-refractivity contribution in [2.75, 3.05) is 6.26 Å². The summed E-state index contributed by atoms with van der Waals surface area (Å²) in [5, 5.41) is 0. The van der Waals surface area contributed by atoms with Gasteiger partial charge in [0.15, 0.2) is 0 Å². The zero-order valence-corrected chi connectivity index (χ0v) is 10.4. The van der Waals surface area contributed by atoms with Crippen LogP contribution in [0.5, 0.6) is 0 Å². The van der Waals surface area contributed by atoms with Gasteiger partial charge in [0.05, 0.1) is 12.9 Å². The van der Waals surface area contributed by atoms with Gasteiger partial charge in [-0.15, -0.1) is 0 Å². The molecule has 0 heterocycles. The van der Waals surface area contributed by atoms with Crippen molar-refractivity contribution in [1.82, 2.24) is 10.2 Å². The summed E-state index contributed by atoms with van der Waals surface area (Å²) in [4.78, 5) is 26.2. The molecule has 1 rings (SSSR count). The number of amides is 2. The van der Waals surface area contributed by atoms with E-state index in [0.29, 0.717) is 12.0 Å². The normalized spacial score (nSPS) is 10.7. The van der Waals surface area contributed by atoms with Crippen LogP contribution < -0.4 is 10.2 Å². The lowest BCUT2D eigenvalue weighted by Gasteiger charge is -2.05. The molecule has 1 aromatic carbocycles. The van der Waals surface area contributed by atoms with Crippen LogP contribution in [0.15, 0.2) is 24.3 Å². The SMILES string of the molecule is CS(=O)(=O)NC(=O)c1cccc(CONC=O)c1. The number of nitrogens with one attached hydrogen (secondary N) is 2. The summed E-state index contributed by atoms with van der Waals surface area (Å²) < 4.78 is 23.7. The fourth-order valence-corrected chi connectivity index (χ4v) is 1.64. The highest BCUT2D eigenvalue weighted by Crippen LogP contribution is 2.06. The van der Waals surface area contributed by atoms with Crippen molar-refractivity contribution in [2.45, 2.75) is 6.61 Å². The Morgan fingerprint density at radius 3 is 2.78 bits per heavy atom. The topological polar surface area (TPSA) is 102 Å². The first-order valence-corrected chi connectivity index (χ1v) is 6.73. The van der Waals surface area contributed by atoms with Gasteiger partial charge in [0.1, 0.15) is 0 Å². The molecule has 0 aliphatic heterocycles. The molecule has 18 heavy (non-hydrogen) atoms. The zero-order chi connectivity index (χ0) is 13.6. The van der Waals surface area contributed by atoms with Crippen LogP contribution in [0.3, 0.4) is 0 Å². The molecule has 0 bridgehead atoms. The number of hydrogen-bond acceptors (Lipinski definition) is 5. The summed E-state index contributed by atoms with van der Waals surface area (Å²) in [5.74, 6) is -0.720. The molecule has 2 N–H and O–H groups in total. The van der Waals surface area contributed by atoms with Gasteiger partial charge in [0, 0.05) is 5.56 Å². The number of hydroxylamine groups is 1. The number of carbonyl (C=O) groups excluding carboxylic acids is 2. The first-order valence-electron chi connectivity index (χ1n) is 4.84.